The molecule has 0 bridgehead atoms. The number of piperidine rings is 1. The molecule has 0 N–H and O–H groups in total. The molecule has 1 fully saturated rings. The number of para-hydroxylation sites is 1. The van der Waals surface area contributed by atoms with Crippen molar-refractivity contribution >= 4 is 61.6 Å². The topological polar surface area (TPSA) is 90.2 Å². The largest absolute Gasteiger partial charge is 0.466 e. The van der Waals surface area contributed by atoms with Crippen molar-refractivity contribution in [3.8, 4) is 0 Å². The van der Waals surface area contributed by atoms with Crippen LogP contribution in [0.25, 0.3) is 22.1 Å². The Bertz CT molecular complexity index is 1410. The van der Waals surface area contributed by atoms with Gasteiger partial charge in [-0.15, -0.1) is 10.2 Å². The van der Waals surface area contributed by atoms with Gasteiger partial charge >= 0.3 is 5.97 Å². The van der Waals surface area contributed by atoms with Crippen LogP contribution in [-0.2, 0) is 20.9 Å². The molecule has 1 unspecified atom stereocenters. The van der Waals surface area contributed by atoms with Crippen molar-refractivity contribution in [1.82, 2.24) is 24.6 Å². The minimum Gasteiger partial charge on any atom is -0.466 e. The molecular formula is C26H26BrN5O3S. The number of hydrogen-bond donors (Lipinski definition) is 0. The van der Waals surface area contributed by atoms with E-state index in [0.717, 1.165) is 44.9 Å². The molecule has 2 aromatic carbocycles. The number of rotatable bonds is 7. The van der Waals surface area contributed by atoms with Gasteiger partial charge in [-0.05, 0) is 43.5 Å². The smallest absolute Gasteiger partial charge is 0.310 e. The van der Waals surface area contributed by atoms with Crippen LogP contribution >= 0.6 is 27.7 Å². The number of aromatic nitrogens is 4. The first kappa shape index (κ1) is 24.7. The zero-order valence-corrected chi connectivity index (χ0v) is 22.3. The number of thioether (sulfide) groups is 1. The van der Waals surface area contributed by atoms with Crippen LogP contribution in [0.1, 0.15) is 25.3 Å². The van der Waals surface area contributed by atoms with E-state index in [4.69, 9.17) is 9.72 Å². The van der Waals surface area contributed by atoms with E-state index in [2.05, 4.69) is 48.9 Å². The number of esters is 1. The monoisotopic (exact) mass is 567 g/mol. The number of carbonyl (C=O) groups excluding carboxylic acids is 2. The summed E-state index contributed by atoms with van der Waals surface area (Å²) in [6, 6.07) is 16.3. The zero-order valence-electron chi connectivity index (χ0n) is 19.9. The van der Waals surface area contributed by atoms with Gasteiger partial charge in [-0.1, -0.05) is 58.0 Å². The third-order valence-electron chi connectivity index (χ3n) is 6.33. The molecular weight excluding hydrogens is 542 g/mol. The van der Waals surface area contributed by atoms with Crippen LogP contribution in [0.5, 0.6) is 0 Å². The summed E-state index contributed by atoms with van der Waals surface area (Å²) in [5.41, 5.74) is 3.66. The maximum Gasteiger partial charge on any atom is 0.310 e. The number of benzene rings is 2. The van der Waals surface area contributed by atoms with Crippen LogP contribution in [0.3, 0.4) is 0 Å². The molecule has 8 nitrogen and oxygen atoms in total. The second-order valence-corrected chi connectivity index (χ2v) is 10.6. The molecule has 0 saturated carbocycles. The number of hydrogen-bond acceptors (Lipinski definition) is 7. The molecule has 1 atom stereocenters. The van der Waals surface area contributed by atoms with Gasteiger partial charge in [0.25, 0.3) is 0 Å². The van der Waals surface area contributed by atoms with E-state index in [1.54, 1.807) is 11.8 Å². The molecule has 0 radical (unpaired) electrons. The summed E-state index contributed by atoms with van der Waals surface area (Å²) in [4.78, 5) is 31.6. The van der Waals surface area contributed by atoms with E-state index in [1.165, 1.54) is 11.8 Å². The fourth-order valence-electron chi connectivity index (χ4n) is 4.56. The Morgan fingerprint density at radius 3 is 2.75 bits per heavy atom. The van der Waals surface area contributed by atoms with Crippen LogP contribution in [0.2, 0.25) is 0 Å². The summed E-state index contributed by atoms with van der Waals surface area (Å²) in [7, 11) is 0. The molecule has 0 spiro atoms. The lowest BCUT2D eigenvalue weighted by molar-refractivity contribution is -0.151. The van der Waals surface area contributed by atoms with Crippen LogP contribution in [-0.4, -0.2) is 62.0 Å². The Morgan fingerprint density at radius 2 is 1.94 bits per heavy atom. The van der Waals surface area contributed by atoms with E-state index >= 15 is 0 Å². The summed E-state index contributed by atoms with van der Waals surface area (Å²) in [6.45, 7) is 3.84. The van der Waals surface area contributed by atoms with Gasteiger partial charge in [0, 0.05) is 29.5 Å². The highest BCUT2D eigenvalue weighted by molar-refractivity contribution is 9.10. The van der Waals surface area contributed by atoms with Gasteiger partial charge in [0.15, 0.2) is 5.65 Å². The van der Waals surface area contributed by atoms with E-state index < -0.39 is 0 Å². The first-order valence-corrected chi connectivity index (χ1v) is 13.7. The summed E-state index contributed by atoms with van der Waals surface area (Å²) in [6.07, 6.45) is 1.54. The number of ether oxygens (including phenoxy) is 1. The maximum atomic E-state index is 12.9. The van der Waals surface area contributed by atoms with Crippen LogP contribution in [0.4, 0.5) is 0 Å². The van der Waals surface area contributed by atoms with E-state index in [1.807, 2.05) is 30.3 Å². The highest BCUT2D eigenvalue weighted by atomic mass is 79.9. The van der Waals surface area contributed by atoms with Gasteiger partial charge in [-0.3, -0.25) is 9.59 Å². The number of nitrogens with zero attached hydrogens (tertiary/aromatic N) is 5. The standard InChI is InChI=1S/C26H26BrN5O3S/c1-2-35-25(34)18-6-5-13-31(15-18)22(33)16-36-26-28-24-23(29-30-26)20-7-3-4-8-21(20)32(24)14-17-9-11-19(27)12-10-17/h3-4,7-12,18H,2,5-6,13-16H2,1H3. The highest BCUT2D eigenvalue weighted by Gasteiger charge is 2.29. The second kappa shape index (κ2) is 11.0. The Morgan fingerprint density at radius 1 is 1.14 bits per heavy atom. The third kappa shape index (κ3) is 5.24. The van der Waals surface area contributed by atoms with E-state index in [-0.39, 0.29) is 23.5 Å². The van der Waals surface area contributed by atoms with Crippen LogP contribution in [0, 0.1) is 5.92 Å². The predicted molar refractivity (Wildman–Crippen MR) is 143 cm³/mol. The molecule has 1 amide bonds. The number of carbonyl (C=O) groups is 2. The van der Waals surface area contributed by atoms with Gasteiger partial charge in [0.1, 0.15) is 5.52 Å². The lowest BCUT2D eigenvalue weighted by atomic mass is 9.98. The number of likely N-dealkylation sites (tertiary alicyclic amines) is 1. The molecule has 3 heterocycles. The van der Waals surface area contributed by atoms with Crippen molar-refractivity contribution in [3.63, 3.8) is 0 Å². The average Bonchev–Trinajstić information content (AvgIpc) is 3.21. The number of fused-ring (bicyclic) bond motifs is 3. The van der Waals surface area contributed by atoms with Crippen LogP contribution < -0.4 is 0 Å². The normalized spacial score (nSPS) is 15.9. The summed E-state index contributed by atoms with van der Waals surface area (Å²) in [5, 5.41) is 10.2. The van der Waals surface area contributed by atoms with Crippen molar-refractivity contribution in [2.45, 2.75) is 31.5 Å². The molecule has 4 aromatic rings. The highest BCUT2D eigenvalue weighted by Crippen LogP contribution is 2.28. The molecule has 186 valence electrons. The predicted octanol–water partition coefficient (Wildman–Crippen LogP) is 4.68. The van der Waals surface area contributed by atoms with Crippen molar-refractivity contribution in [2.24, 2.45) is 5.92 Å². The molecule has 1 aliphatic heterocycles. The Balaban J connectivity index is 1.35. The number of halogens is 1. The zero-order chi connectivity index (χ0) is 25.1. The van der Waals surface area contributed by atoms with Crippen molar-refractivity contribution < 1.29 is 14.3 Å². The molecule has 1 aliphatic rings. The van der Waals surface area contributed by atoms with Gasteiger partial charge in [0.05, 0.1) is 23.8 Å². The lowest BCUT2D eigenvalue weighted by Gasteiger charge is -2.31. The first-order chi connectivity index (χ1) is 17.5. The molecule has 36 heavy (non-hydrogen) atoms. The minimum atomic E-state index is -0.253. The Hall–Kier alpha value is -2.98. The minimum absolute atomic E-state index is 0.0342. The van der Waals surface area contributed by atoms with Gasteiger partial charge in [-0.2, -0.15) is 0 Å². The SMILES string of the molecule is CCOC(=O)C1CCCN(C(=O)CSc2nnc3c4ccccc4n(Cc4ccc(Br)cc4)c3n2)C1. The van der Waals surface area contributed by atoms with Crippen molar-refractivity contribution in [3.05, 3.63) is 58.6 Å². The molecule has 5 rings (SSSR count). The molecule has 0 aliphatic carbocycles. The van der Waals surface area contributed by atoms with E-state index in [0.29, 0.717) is 31.4 Å². The number of amides is 1. The van der Waals surface area contributed by atoms with Crippen molar-refractivity contribution in [2.75, 3.05) is 25.4 Å². The van der Waals surface area contributed by atoms with Crippen LogP contribution in [0.15, 0.2) is 58.2 Å². The lowest BCUT2D eigenvalue weighted by Crippen LogP contribution is -2.43. The maximum absolute atomic E-state index is 12.9. The Labute approximate surface area is 221 Å². The average molecular weight is 568 g/mol. The van der Waals surface area contributed by atoms with Gasteiger partial charge in [-0.25, -0.2) is 4.98 Å². The fourth-order valence-corrected chi connectivity index (χ4v) is 5.51. The molecule has 2 aromatic heterocycles. The summed E-state index contributed by atoms with van der Waals surface area (Å²) in [5.74, 6) is -0.320. The van der Waals surface area contributed by atoms with Gasteiger partial charge < -0.3 is 14.2 Å². The Kier molecular flexibility index (Phi) is 7.52. The fraction of sp³-hybridized carbons (Fsp3) is 0.346. The van der Waals surface area contributed by atoms with E-state index in [9.17, 15) is 9.59 Å². The third-order valence-corrected chi connectivity index (χ3v) is 7.68. The quantitative estimate of drug-likeness (QED) is 0.236. The summed E-state index contributed by atoms with van der Waals surface area (Å²) >= 11 is 4.77. The van der Waals surface area contributed by atoms with Crippen molar-refractivity contribution in [1.29, 1.82) is 0 Å². The molecule has 1 saturated heterocycles. The summed E-state index contributed by atoms with van der Waals surface area (Å²) < 4.78 is 8.32. The van der Waals surface area contributed by atoms with Gasteiger partial charge in [0.2, 0.25) is 11.1 Å². The second-order valence-electron chi connectivity index (χ2n) is 8.72. The first-order valence-electron chi connectivity index (χ1n) is 12.0. The molecule has 10 heteroatoms.